The van der Waals surface area contributed by atoms with Crippen LogP contribution in [0.5, 0.6) is 0 Å². The summed E-state index contributed by atoms with van der Waals surface area (Å²) in [5.41, 5.74) is 3.33. The molecule has 6 heteroatoms. The molecule has 5 nitrogen and oxygen atoms in total. The SMILES string of the molecule is CCOC(=O)c1cc(NC(=O)CSc2cc(C)ccc2C)cn1C. The zero-order valence-corrected chi connectivity index (χ0v) is 15.2. The van der Waals surface area contributed by atoms with Crippen molar-refractivity contribution in [1.29, 1.82) is 0 Å². The molecule has 0 fully saturated rings. The summed E-state index contributed by atoms with van der Waals surface area (Å²) in [6.45, 7) is 6.14. The largest absolute Gasteiger partial charge is 0.461 e. The number of nitrogens with one attached hydrogen (secondary N) is 1. The average Bonchev–Trinajstić information content (AvgIpc) is 2.89. The molecule has 0 unspecified atom stereocenters. The number of hydrogen-bond donors (Lipinski definition) is 1. The van der Waals surface area contributed by atoms with Gasteiger partial charge in [0.2, 0.25) is 5.91 Å². The van der Waals surface area contributed by atoms with Crippen LogP contribution in [0, 0.1) is 13.8 Å². The van der Waals surface area contributed by atoms with Crippen molar-refractivity contribution < 1.29 is 14.3 Å². The minimum Gasteiger partial charge on any atom is -0.461 e. The number of aromatic nitrogens is 1. The molecule has 1 amide bonds. The number of anilines is 1. The molecule has 0 saturated heterocycles. The fraction of sp³-hybridized carbons (Fsp3) is 0.333. The maximum absolute atomic E-state index is 12.1. The Hall–Kier alpha value is -2.21. The van der Waals surface area contributed by atoms with Crippen LogP contribution in [-0.4, -0.2) is 28.8 Å². The normalized spacial score (nSPS) is 10.5. The first kappa shape index (κ1) is 18.1. The number of benzene rings is 1. The smallest absolute Gasteiger partial charge is 0.355 e. The van der Waals surface area contributed by atoms with Crippen molar-refractivity contribution in [2.75, 3.05) is 17.7 Å². The molecular formula is C18H22N2O3S. The summed E-state index contributed by atoms with van der Waals surface area (Å²) >= 11 is 1.50. The maximum atomic E-state index is 12.1. The fourth-order valence-electron chi connectivity index (χ4n) is 2.24. The number of rotatable bonds is 6. The van der Waals surface area contributed by atoms with Gasteiger partial charge < -0.3 is 14.6 Å². The number of amides is 1. The first-order valence-corrected chi connectivity index (χ1v) is 8.72. The van der Waals surface area contributed by atoms with E-state index in [1.165, 1.54) is 17.3 Å². The number of ether oxygens (including phenoxy) is 1. The second kappa shape index (κ2) is 8.06. The summed E-state index contributed by atoms with van der Waals surface area (Å²) in [5.74, 6) is -0.194. The molecule has 0 aliphatic heterocycles. The van der Waals surface area contributed by atoms with Gasteiger partial charge in [-0.3, -0.25) is 4.79 Å². The van der Waals surface area contributed by atoms with Gasteiger partial charge in [0.05, 0.1) is 18.0 Å². The Morgan fingerprint density at radius 3 is 2.71 bits per heavy atom. The minimum atomic E-state index is -0.398. The average molecular weight is 346 g/mol. The van der Waals surface area contributed by atoms with Gasteiger partial charge in [-0.2, -0.15) is 0 Å². The molecule has 0 bridgehead atoms. The second-order valence-electron chi connectivity index (χ2n) is 5.55. The fourth-order valence-corrected chi connectivity index (χ4v) is 3.17. The Balaban J connectivity index is 1.96. The highest BCUT2D eigenvalue weighted by molar-refractivity contribution is 8.00. The summed E-state index contributed by atoms with van der Waals surface area (Å²) in [5, 5.41) is 2.82. The van der Waals surface area contributed by atoms with Crippen LogP contribution in [0.25, 0.3) is 0 Å². The van der Waals surface area contributed by atoms with Crippen molar-refractivity contribution in [3.63, 3.8) is 0 Å². The third-order valence-corrected chi connectivity index (χ3v) is 4.63. The van der Waals surface area contributed by atoms with Crippen LogP contribution in [0.4, 0.5) is 5.69 Å². The molecule has 0 radical (unpaired) electrons. The highest BCUT2D eigenvalue weighted by Crippen LogP contribution is 2.24. The highest BCUT2D eigenvalue weighted by Gasteiger charge is 2.14. The van der Waals surface area contributed by atoms with Crippen molar-refractivity contribution in [2.45, 2.75) is 25.7 Å². The van der Waals surface area contributed by atoms with E-state index in [0.717, 1.165) is 10.5 Å². The van der Waals surface area contributed by atoms with E-state index in [9.17, 15) is 9.59 Å². The van der Waals surface area contributed by atoms with Gasteiger partial charge in [0, 0.05) is 18.1 Å². The molecule has 1 aromatic carbocycles. The van der Waals surface area contributed by atoms with Crippen LogP contribution in [-0.2, 0) is 16.6 Å². The molecule has 1 N–H and O–H groups in total. The number of nitrogens with zero attached hydrogens (tertiary/aromatic N) is 1. The lowest BCUT2D eigenvalue weighted by molar-refractivity contribution is -0.113. The van der Waals surface area contributed by atoms with Crippen molar-refractivity contribution in [3.8, 4) is 0 Å². The molecule has 0 aliphatic carbocycles. The molecule has 2 aromatic rings. The lowest BCUT2D eigenvalue weighted by atomic mass is 10.2. The van der Waals surface area contributed by atoms with Crippen LogP contribution in [0.1, 0.15) is 28.5 Å². The molecule has 1 heterocycles. The summed E-state index contributed by atoms with van der Waals surface area (Å²) in [7, 11) is 1.74. The predicted molar refractivity (Wildman–Crippen MR) is 96.6 cm³/mol. The standard InChI is InChI=1S/C18H22N2O3S/c1-5-23-18(22)15-9-14(10-20(15)4)19-17(21)11-24-16-8-12(2)6-7-13(16)3/h6-10H,5,11H2,1-4H3,(H,19,21). The van der Waals surface area contributed by atoms with Gasteiger partial charge in [0.25, 0.3) is 0 Å². The van der Waals surface area contributed by atoms with Crippen LogP contribution in [0.3, 0.4) is 0 Å². The predicted octanol–water partition coefficient (Wildman–Crippen LogP) is 3.55. The van der Waals surface area contributed by atoms with Crippen molar-refractivity contribution >= 4 is 29.3 Å². The van der Waals surface area contributed by atoms with Crippen LogP contribution < -0.4 is 5.32 Å². The maximum Gasteiger partial charge on any atom is 0.355 e. The summed E-state index contributed by atoms with van der Waals surface area (Å²) < 4.78 is 6.62. The Morgan fingerprint density at radius 2 is 2.00 bits per heavy atom. The van der Waals surface area contributed by atoms with Gasteiger partial charge in [0.1, 0.15) is 5.69 Å². The molecule has 0 spiro atoms. The lowest BCUT2D eigenvalue weighted by Gasteiger charge is -2.07. The lowest BCUT2D eigenvalue weighted by Crippen LogP contribution is -2.13. The highest BCUT2D eigenvalue weighted by atomic mass is 32.2. The summed E-state index contributed by atoms with van der Waals surface area (Å²) in [4.78, 5) is 25.0. The number of carbonyl (C=O) groups excluding carboxylic acids is 2. The van der Waals surface area contributed by atoms with E-state index in [2.05, 4.69) is 23.5 Å². The number of thioether (sulfide) groups is 1. The molecule has 0 aliphatic rings. The second-order valence-corrected chi connectivity index (χ2v) is 6.57. The van der Waals surface area contributed by atoms with Gasteiger partial charge in [-0.05, 0) is 38.5 Å². The Kier molecular flexibility index (Phi) is 6.09. The Bertz CT molecular complexity index is 753. The first-order valence-electron chi connectivity index (χ1n) is 7.74. The van der Waals surface area contributed by atoms with Crippen molar-refractivity contribution in [1.82, 2.24) is 4.57 Å². The van der Waals surface area contributed by atoms with E-state index in [1.807, 2.05) is 13.8 Å². The molecule has 128 valence electrons. The quantitative estimate of drug-likeness (QED) is 0.642. The van der Waals surface area contributed by atoms with Gasteiger partial charge in [-0.1, -0.05) is 17.7 Å². The van der Waals surface area contributed by atoms with Crippen LogP contribution in [0.2, 0.25) is 0 Å². The molecular weight excluding hydrogens is 324 g/mol. The third kappa shape index (κ3) is 4.64. The topological polar surface area (TPSA) is 60.3 Å². The van der Waals surface area contributed by atoms with Crippen molar-refractivity contribution in [3.05, 3.63) is 47.3 Å². The van der Waals surface area contributed by atoms with E-state index in [4.69, 9.17) is 4.74 Å². The molecule has 0 atom stereocenters. The Morgan fingerprint density at radius 1 is 1.25 bits per heavy atom. The number of aryl methyl sites for hydroxylation is 3. The number of esters is 1. The molecule has 0 saturated carbocycles. The zero-order valence-electron chi connectivity index (χ0n) is 14.4. The minimum absolute atomic E-state index is 0.109. The molecule has 1 aromatic heterocycles. The van der Waals surface area contributed by atoms with Gasteiger partial charge >= 0.3 is 5.97 Å². The van der Waals surface area contributed by atoms with Crippen LogP contribution in [0.15, 0.2) is 35.4 Å². The van der Waals surface area contributed by atoms with E-state index >= 15 is 0 Å². The first-order chi connectivity index (χ1) is 11.4. The van der Waals surface area contributed by atoms with Gasteiger partial charge in [0.15, 0.2) is 0 Å². The summed E-state index contributed by atoms with van der Waals surface area (Å²) in [6.07, 6.45) is 1.70. The summed E-state index contributed by atoms with van der Waals surface area (Å²) in [6, 6.07) is 7.81. The van der Waals surface area contributed by atoms with Gasteiger partial charge in [-0.25, -0.2) is 4.79 Å². The van der Waals surface area contributed by atoms with E-state index in [-0.39, 0.29) is 5.91 Å². The zero-order chi connectivity index (χ0) is 17.7. The molecule has 2 rings (SSSR count). The third-order valence-electron chi connectivity index (χ3n) is 3.48. The monoisotopic (exact) mass is 346 g/mol. The number of hydrogen-bond acceptors (Lipinski definition) is 4. The van der Waals surface area contributed by atoms with E-state index < -0.39 is 5.97 Å². The van der Waals surface area contributed by atoms with Gasteiger partial charge in [-0.15, -0.1) is 11.8 Å². The molecule has 24 heavy (non-hydrogen) atoms. The van der Waals surface area contributed by atoms with Crippen molar-refractivity contribution in [2.24, 2.45) is 7.05 Å². The van der Waals surface area contributed by atoms with E-state index in [1.54, 1.807) is 30.8 Å². The Labute approximate surface area is 146 Å². The van der Waals surface area contributed by atoms with Crippen LogP contribution >= 0.6 is 11.8 Å². The number of carbonyl (C=O) groups is 2. The van der Waals surface area contributed by atoms with E-state index in [0.29, 0.717) is 23.7 Å².